The average Bonchev–Trinajstić information content (AvgIpc) is 3.10. The molecule has 0 radical (unpaired) electrons. The highest BCUT2D eigenvalue weighted by atomic mass is 16.1. The van der Waals surface area contributed by atoms with Crippen molar-refractivity contribution in [3.05, 3.63) is 100 Å². The summed E-state index contributed by atoms with van der Waals surface area (Å²) in [6, 6.07) is 26.2. The lowest BCUT2D eigenvalue weighted by atomic mass is 10.0. The Morgan fingerprint density at radius 3 is 2.48 bits per heavy atom. The number of aromatic amines is 1. The molecule has 5 nitrogen and oxygen atoms in total. The van der Waals surface area contributed by atoms with Crippen molar-refractivity contribution in [2.45, 2.75) is 19.4 Å². The maximum absolute atomic E-state index is 13.2. The SMILES string of the molecule is NCCCn1c(Cc2ccccc2)c(-c2nc3ccccc3[nH]c2=O)c2ccccc21. The quantitative estimate of drug-likeness (QED) is 0.435. The smallest absolute Gasteiger partial charge is 0.275 e. The fourth-order valence-electron chi connectivity index (χ4n) is 4.30. The molecule has 0 aliphatic rings. The predicted octanol–water partition coefficient (Wildman–Crippen LogP) is 4.48. The van der Waals surface area contributed by atoms with E-state index in [1.807, 2.05) is 54.6 Å². The van der Waals surface area contributed by atoms with E-state index in [9.17, 15) is 4.79 Å². The van der Waals surface area contributed by atoms with Crippen LogP contribution in [-0.2, 0) is 13.0 Å². The minimum Gasteiger partial charge on any atom is -0.344 e. The molecule has 5 aromatic rings. The van der Waals surface area contributed by atoms with E-state index in [1.165, 1.54) is 5.56 Å². The lowest BCUT2D eigenvalue weighted by Gasteiger charge is -2.12. The first-order valence-corrected chi connectivity index (χ1v) is 10.6. The third-order valence-corrected chi connectivity index (χ3v) is 5.72. The Balaban J connectivity index is 1.82. The summed E-state index contributed by atoms with van der Waals surface area (Å²) < 4.78 is 2.31. The van der Waals surface area contributed by atoms with Gasteiger partial charge in [0, 0.05) is 35.1 Å². The number of nitrogens with zero attached hydrogens (tertiary/aromatic N) is 2. The molecule has 3 N–H and O–H groups in total. The molecular formula is C26H24N4O. The second-order valence-electron chi connectivity index (χ2n) is 7.73. The van der Waals surface area contributed by atoms with Gasteiger partial charge in [-0.25, -0.2) is 4.98 Å². The summed E-state index contributed by atoms with van der Waals surface area (Å²) in [6.07, 6.45) is 1.57. The van der Waals surface area contributed by atoms with Crippen LogP contribution in [0.5, 0.6) is 0 Å². The highest BCUT2D eigenvalue weighted by Crippen LogP contribution is 2.34. The number of aromatic nitrogens is 3. The summed E-state index contributed by atoms with van der Waals surface area (Å²) in [4.78, 5) is 21.0. The molecule has 3 aromatic carbocycles. The lowest BCUT2D eigenvalue weighted by molar-refractivity contribution is 0.649. The number of benzene rings is 3. The van der Waals surface area contributed by atoms with Crippen LogP contribution < -0.4 is 11.3 Å². The normalized spacial score (nSPS) is 11.4. The fourth-order valence-corrected chi connectivity index (χ4v) is 4.30. The van der Waals surface area contributed by atoms with E-state index >= 15 is 0 Å². The number of hydrogen-bond acceptors (Lipinski definition) is 3. The van der Waals surface area contributed by atoms with Gasteiger partial charge in [0.05, 0.1) is 11.0 Å². The van der Waals surface area contributed by atoms with E-state index in [0.717, 1.165) is 46.2 Å². The maximum Gasteiger partial charge on any atom is 0.275 e. The molecule has 5 rings (SSSR count). The monoisotopic (exact) mass is 408 g/mol. The highest BCUT2D eigenvalue weighted by molar-refractivity contribution is 5.98. The highest BCUT2D eigenvalue weighted by Gasteiger charge is 2.22. The topological polar surface area (TPSA) is 76.7 Å². The van der Waals surface area contributed by atoms with E-state index in [1.54, 1.807) is 0 Å². The molecule has 5 heteroatoms. The molecule has 0 unspecified atom stereocenters. The van der Waals surface area contributed by atoms with Gasteiger partial charge in [-0.3, -0.25) is 4.79 Å². The van der Waals surface area contributed by atoms with E-state index < -0.39 is 0 Å². The van der Waals surface area contributed by atoms with Gasteiger partial charge >= 0.3 is 0 Å². The van der Waals surface area contributed by atoms with E-state index in [2.05, 4.69) is 33.8 Å². The van der Waals surface area contributed by atoms with Crippen LogP contribution in [0.15, 0.2) is 83.7 Å². The number of nitrogens with two attached hydrogens (primary N) is 1. The standard InChI is InChI=1S/C26H24N4O/c27-15-8-16-30-22-14-7-4-11-19(22)24(23(30)17-18-9-2-1-3-10-18)25-26(31)29-21-13-6-5-12-20(21)28-25/h1-7,9-14H,8,15-17,27H2,(H,29,31). The van der Waals surface area contributed by atoms with Crippen LogP contribution in [0.2, 0.25) is 0 Å². The summed E-state index contributed by atoms with van der Waals surface area (Å²) in [5.74, 6) is 0. The van der Waals surface area contributed by atoms with E-state index in [0.29, 0.717) is 18.7 Å². The van der Waals surface area contributed by atoms with Gasteiger partial charge in [0.1, 0.15) is 5.69 Å². The summed E-state index contributed by atoms with van der Waals surface area (Å²) in [5, 5.41) is 1.04. The van der Waals surface area contributed by atoms with Crippen LogP contribution in [0.25, 0.3) is 33.2 Å². The maximum atomic E-state index is 13.2. The van der Waals surface area contributed by atoms with E-state index in [-0.39, 0.29) is 5.56 Å². The Labute approximate surface area is 180 Å². The molecule has 0 saturated heterocycles. The van der Waals surface area contributed by atoms with Gasteiger partial charge in [-0.1, -0.05) is 60.7 Å². The molecule has 0 atom stereocenters. The van der Waals surface area contributed by atoms with Gasteiger partial charge < -0.3 is 15.3 Å². The van der Waals surface area contributed by atoms with Gasteiger partial charge in [-0.15, -0.1) is 0 Å². The van der Waals surface area contributed by atoms with Gasteiger partial charge in [0.25, 0.3) is 5.56 Å². The number of nitrogens with one attached hydrogen (secondary N) is 1. The molecule has 0 amide bonds. The zero-order valence-electron chi connectivity index (χ0n) is 17.2. The van der Waals surface area contributed by atoms with Crippen molar-refractivity contribution in [1.29, 1.82) is 0 Å². The predicted molar refractivity (Wildman–Crippen MR) is 126 cm³/mol. The molecule has 31 heavy (non-hydrogen) atoms. The number of H-pyrrole nitrogens is 1. The number of rotatable bonds is 6. The molecule has 2 heterocycles. The van der Waals surface area contributed by atoms with Crippen molar-refractivity contribution >= 4 is 21.9 Å². The minimum atomic E-state index is -0.172. The molecule has 0 aliphatic heterocycles. The van der Waals surface area contributed by atoms with Crippen molar-refractivity contribution in [2.24, 2.45) is 5.73 Å². The summed E-state index contributed by atoms with van der Waals surface area (Å²) in [7, 11) is 0. The Hall–Kier alpha value is -3.70. The van der Waals surface area contributed by atoms with Crippen molar-refractivity contribution in [3.8, 4) is 11.3 Å². The van der Waals surface area contributed by atoms with Crippen LogP contribution in [0.1, 0.15) is 17.7 Å². The zero-order chi connectivity index (χ0) is 21.2. The summed E-state index contributed by atoms with van der Waals surface area (Å²) >= 11 is 0. The van der Waals surface area contributed by atoms with Crippen molar-refractivity contribution < 1.29 is 0 Å². The van der Waals surface area contributed by atoms with Gasteiger partial charge in [-0.05, 0) is 36.7 Å². The van der Waals surface area contributed by atoms with Crippen LogP contribution in [0.4, 0.5) is 0 Å². The van der Waals surface area contributed by atoms with Crippen molar-refractivity contribution in [2.75, 3.05) is 6.54 Å². The summed E-state index contributed by atoms with van der Waals surface area (Å²) in [6.45, 7) is 1.41. The molecule has 0 fully saturated rings. The molecular weight excluding hydrogens is 384 g/mol. The Morgan fingerprint density at radius 2 is 1.65 bits per heavy atom. The Kier molecular flexibility index (Phi) is 5.10. The van der Waals surface area contributed by atoms with Gasteiger partial charge in [-0.2, -0.15) is 0 Å². The first-order chi connectivity index (χ1) is 15.3. The first-order valence-electron chi connectivity index (χ1n) is 10.6. The summed E-state index contributed by atoms with van der Waals surface area (Å²) in [5.41, 5.74) is 12.0. The van der Waals surface area contributed by atoms with Crippen LogP contribution >= 0.6 is 0 Å². The third-order valence-electron chi connectivity index (χ3n) is 5.72. The Morgan fingerprint density at radius 1 is 0.903 bits per heavy atom. The van der Waals surface area contributed by atoms with Gasteiger partial charge in [0.2, 0.25) is 0 Å². The first kappa shape index (κ1) is 19.3. The number of fused-ring (bicyclic) bond motifs is 2. The zero-order valence-corrected chi connectivity index (χ0v) is 17.2. The molecule has 0 aliphatic carbocycles. The molecule has 0 spiro atoms. The molecule has 2 aromatic heterocycles. The second-order valence-corrected chi connectivity index (χ2v) is 7.73. The fraction of sp³-hybridized carbons (Fsp3) is 0.154. The number of hydrogen-bond donors (Lipinski definition) is 2. The molecule has 0 saturated carbocycles. The lowest BCUT2D eigenvalue weighted by Crippen LogP contribution is -2.14. The van der Waals surface area contributed by atoms with Crippen LogP contribution in [-0.4, -0.2) is 21.1 Å². The van der Waals surface area contributed by atoms with Crippen LogP contribution in [0.3, 0.4) is 0 Å². The second kappa shape index (κ2) is 8.20. The number of para-hydroxylation sites is 3. The third kappa shape index (κ3) is 3.53. The van der Waals surface area contributed by atoms with E-state index in [4.69, 9.17) is 10.7 Å². The Bertz CT molecular complexity index is 1420. The largest absolute Gasteiger partial charge is 0.344 e. The average molecular weight is 409 g/mol. The number of aryl methyl sites for hydroxylation is 1. The van der Waals surface area contributed by atoms with Gasteiger partial charge in [0.15, 0.2) is 0 Å². The minimum absolute atomic E-state index is 0.172. The molecule has 0 bridgehead atoms. The van der Waals surface area contributed by atoms with Crippen molar-refractivity contribution in [1.82, 2.24) is 14.5 Å². The van der Waals surface area contributed by atoms with Crippen molar-refractivity contribution in [3.63, 3.8) is 0 Å². The van der Waals surface area contributed by atoms with Crippen LogP contribution in [0, 0.1) is 0 Å². The molecule has 154 valence electrons.